The van der Waals surface area contributed by atoms with Gasteiger partial charge >= 0.3 is 0 Å². The van der Waals surface area contributed by atoms with E-state index in [1.165, 1.54) is 19.8 Å². The molecule has 6 nitrogen and oxygen atoms in total. The van der Waals surface area contributed by atoms with Gasteiger partial charge in [0, 0.05) is 11.3 Å². The Hall–Kier alpha value is -2.80. The highest BCUT2D eigenvalue weighted by molar-refractivity contribution is 7.80. The number of rotatable bonds is 5. The molecule has 0 spiro atoms. The van der Waals surface area contributed by atoms with Crippen LogP contribution in [0.4, 0.5) is 5.69 Å². The Labute approximate surface area is 146 Å². The van der Waals surface area contributed by atoms with Gasteiger partial charge in [0.1, 0.15) is 0 Å². The molecule has 2 aromatic carbocycles. The normalized spacial score (nSPS) is 10.5. The molecule has 2 aromatic rings. The number of methoxy groups -OCH3 is 2. The summed E-state index contributed by atoms with van der Waals surface area (Å²) in [5, 5.41) is 17.3. The molecule has 0 aliphatic heterocycles. The number of hydrogen-bond acceptors (Lipinski definition) is 5. The van der Waals surface area contributed by atoms with Gasteiger partial charge in [0.2, 0.25) is 5.75 Å². The lowest BCUT2D eigenvalue weighted by Crippen LogP contribution is -2.23. The summed E-state index contributed by atoms with van der Waals surface area (Å²) in [7, 11) is 2.93. The average molecular weight is 345 g/mol. The molecule has 0 amide bonds. The van der Waals surface area contributed by atoms with Crippen LogP contribution < -0.4 is 20.2 Å². The molecule has 0 bridgehead atoms. The highest BCUT2D eigenvalue weighted by Gasteiger charge is 2.10. The Kier molecular flexibility index (Phi) is 5.97. The summed E-state index contributed by atoms with van der Waals surface area (Å²) in [4.78, 5) is 0. The van der Waals surface area contributed by atoms with Crippen LogP contribution in [0.25, 0.3) is 0 Å². The number of anilines is 1. The van der Waals surface area contributed by atoms with Crippen molar-refractivity contribution >= 4 is 29.2 Å². The second-order valence-electron chi connectivity index (χ2n) is 4.96. The van der Waals surface area contributed by atoms with Gasteiger partial charge in [-0.3, -0.25) is 5.43 Å². The summed E-state index contributed by atoms with van der Waals surface area (Å²) >= 11 is 5.18. The summed E-state index contributed by atoms with van der Waals surface area (Å²) in [6.07, 6.45) is 1.55. The monoisotopic (exact) mass is 345 g/mol. The second kappa shape index (κ2) is 8.16. The average Bonchev–Trinajstić information content (AvgIpc) is 2.58. The molecule has 0 heterocycles. The van der Waals surface area contributed by atoms with E-state index < -0.39 is 0 Å². The fraction of sp³-hybridized carbons (Fsp3) is 0.176. The third-order valence-electron chi connectivity index (χ3n) is 3.19. The molecule has 0 unspecified atom stereocenters. The van der Waals surface area contributed by atoms with Gasteiger partial charge in [0.25, 0.3) is 0 Å². The van der Waals surface area contributed by atoms with Crippen molar-refractivity contribution in [3.05, 3.63) is 47.5 Å². The topological polar surface area (TPSA) is 75.1 Å². The fourth-order valence-electron chi connectivity index (χ4n) is 1.95. The number of phenolic OH excluding ortho intramolecular Hbond substituents is 1. The minimum absolute atomic E-state index is 0.0540. The molecule has 126 valence electrons. The highest BCUT2D eigenvalue weighted by atomic mass is 32.1. The lowest BCUT2D eigenvalue weighted by atomic mass is 10.2. The Morgan fingerprint density at radius 1 is 1.12 bits per heavy atom. The number of phenols is 1. The molecule has 0 saturated carbocycles. The summed E-state index contributed by atoms with van der Waals surface area (Å²) in [6, 6.07) is 11.1. The van der Waals surface area contributed by atoms with Crippen LogP contribution in [0, 0.1) is 6.92 Å². The molecule has 3 N–H and O–H groups in total. The molecular weight excluding hydrogens is 326 g/mol. The molecule has 0 aromatic heterocycles. The summed E-state index contributed by atoms with van der Waals surface area (Å²) in [5.74, 6) is 0.550. The number of ether oxygens (including phenoxy) is 2. The van der Waals surface area contributed by atoms with Crippen molar-refractivity contribution in [2.24, 2.45) is 5.10 Å². The number of aryl methyl sites for hydroxylation is 1. The smallest absolute Gasteiger partial charge is 0.200 e. The van der Waals surface area contributed by atoms with Crippen LogP contribution in [0.15, 0.2) is 41.5 Å². The maximum Gasteiger partial charge on any atom is 0.200 e. The summed E-state index contributed by atoms with van der Waals surface area (Å²) in [5.41, 5.74) is 5.47. The molecule has 0 fully saturated rings. The van der Waals surface area contributed by atoms with Gasteiger partial charge < -0.3 is 19.9 Å². The van der Waals surface area contributed by atoms with Crippen molar-refractivity contribution in [2.45, 2.75) is 6.92 Å². The summed E-state index contributed by atoms with van der Waals surface area (Å²) < 4.78 is 10.2. The fourth-order valence-corrected chi connectivity index (χ4v) is 2.12. The molecule has 0 atom stereocenters. The van der Waals surface area contributed by atoms with E-state index in [2.05, 4.69) is 15.8 Å². The number of benzene rings is 2. The van der Waals surface area contributed by atoms with Gasteiger partial charge in [-0.1, -0.05) is 17.7 Å². The van der Waals surface area contributed by atoms with Crippen LogP contribution >= 0.6 is 12.2 Å². The van der Waals surface area contributed by atoms with Crippen molar-refractivity contribution in [1.82, 2.24) is 5.43 Å². The SMILES string of the molecule is COc1cc(/C=N/NC(=S)Nc2ccc(C)cc2)cc(OC)c1O. The van der Waals surface area contributed by atoms with E-state index in [-0.39, 0.29) is 5.75 Å². The summed E-state index contributed by atoms with van der Waals surface area (Å²) in [6.45, 7) is 2.02. The zero-order valence-electron chi connectivity index (χ0n) is 13.7. The number of hydrazone groups is 1. The van der Waals surface area contributed by atoms with Crippen LogP contribution in [0.3, 0.4) is 0 Å². The minimum atomic E-state index is -0.0540. The molecule has 24 heavy (non-hydrogen) atoms. The zero-order valence-corrected chi connectivity index (χ0v) is 14.5. The van der Waals surface area contributed by atoms with Crippen LogP contribution in [0.1, 0.15) is 11.1 Å². The van der Waals surface area contributed by atoms with E-state index >= 15 is 0 Å². The maximum atomic E-state index is 9.87. The van der Waals surface area contributed by atoms with Crippen LogP contribution in [0.2, 0.25) is 0 Å². The predicted molar refractivity (Wildman–Crippen MR) is 99.3 cm³/mol. The number of nitrogens with zero attached hydrogens (tertiary/aromatic N) is 1. The van der Waals surface area contributed by atoms with Crippen molar-refractivity contribution in [1.29, 1.82) is 0 Å². The van der Waals surface area contributed by atoms with Gasteiger partial charge in [-0.05, 0) is 43.4 Å². The van der Waals surface area contributed by atoms with E-state index in [0.29, 0.717) is 22.2 Å². The Balaban J connectivity index is 2.00. The van der Waals surface area contributed by atoms with Gasteiger partial charge in [-0.15, -0.1) is 0 Å². The third kappa shape index (κ3) is 4.60. The van der Waals surface area contributed by atoms with E-state index in [4.69, 9.17) is 21.7 Å². The minimum Gasteiger partial charge on any atom is -0.502 e. The number of hydrogen-bond donors (Lipinski definition) is 3. The van der Waals surface area contributed by atoms with Gasteiger partial charge in [-0.25, -0.2) is 0 Å². The van der Waals surface area contributed by atoms with Crippen molar-refractivity contribution in [3.63, 3.8) is 0 Å². The standard InChI is InChI=1S/C17H19N3O3S/c1-11-4-6-13(7-5-11)19-17(24)20-18-10-12-8-14(22-2)16(21)15(9-12)23-3/h4-10,21H,1-3H3,(H2,19,20,24)/b18-10+. The highest BCUT2D eigenvalue weighted by Crippen LogP contribution is 2.36. The van der Waals surface area contributed by atoms with Crippen LogP contribution in [0.5, 0.6) is 17.2 Å². The van der Waals surface area contributed by atoms with Crippen molar-refractivity contribution < 1.29 is 14.6 Å². The first-order valence-electron chi connectivity index (χ1n) is 7.15. The zero-order chi connectivity index (χ0) is 17.5. The molecule has 0 radical (unpaired) electrons. The quantitative estimate of drug-likeness (QED) is 0.439. The number of nitrogens with one attached hydrogen (secondary N) is 2. The first-order valence-corrected chi connectivity index (χ1v) is 7.56. The van der Waals surface area contributed by atoms with Gasteiger partial charge in [0.15, 0.2) is 16.6 Å². The van der Waals surface area contributed by atoms with Crippen molar-refractivity contribution in [3.8, 4) is 17.2 Å². The van der Waals surface area contributed by atoms with Crippen LogP contribution in [-0.4, -0.2) is 30.7 Å². The van der Waals surface area contributed by atoms with Gasteiger partial charge in [0.05, 0.1) is 20.4 Å². The Bertz CT molecular complexity index is 720. The van der Waals surface area contributed by atoms with E-state index in [1.807, 2.05) is 31.2 Å². The Morgan fingerprint density at radius 3 is 2.25 bits per heavy atom. The van der Waals surface area contributed by atoms with E-state index in [0.717, 1.165) is 5.69 Å². The van der Waals surface area contributed by atoms with E-state index in [9.17, 15) is 5.11 Å². The first kappa shape index (κ1) is 17.6. The number of aromatic hydroxyl groups is 1. The second-order valence-corrected chi connectivity index (χ2v) is 5.37. The largest absolute Gasteiger partial charge is 0.502 e. The molecular formula is C17H19N3O3S. The molecule has 0 saturated heterocycles. The van der Waals surface area contributed by atoms with Crippen LogP contribution in [-0.2, 0) is 0 Å². The lowest BCUT2D eigenvalue weighted by Gasteiger charge is -2.09. The van der Waals surface area contributed by atoms with Crippen molar-refractivity contribution in [2.75, 3.05) is 19.5 Å². The van der Waals surface area contributed by atoms with E-state index in [1.54, 1.807) is 18.3 Å². The predicted octanol–water partition coefficient (Wildman–Crippen LogP) is 3.04. The first-order chi connectivity index (χ1) is 11.5. The maximum absolute atomic E-state index is 9.87. The molecule has 0 aliphatic rings. The number of thiocarbonyl (C=S) groups is 1. The molecule has 0 aliphatic carbocycles. The molecule has 7 heteroatoms. The lowest BCUT2D eigenvalue weighted by molar-refractivity contribution is 0.340. The third-order valence-corrected chi connectivity index (χ3v) is 3.38. The Morgan fingerprint density at radius 2 is 1.71 bits per heavy atom. The van der Waals surface area contributed by atoms with Gasteiger partial charge in [-0.2, -0.15) is 5.10 Å². The molecule has 2 rings (SSSR count).